The van der Waals surface area contributed by atoms with Gasteiger partial charge < -0.3 is 29.9 Å². The molecule has 9 heteroatoms. The van der Waals surface area contributed by atoms with Gasteiger partial charge in [-0.25, -0.2) is 4.39 Å². The molecule has 2 aliphatic heterocycles. The molecule has 1 atom stereocenters. The highest BCUT2D eigenvalue weighted by molar-refractivity contribution is 6.02. The summed E-state index contributed by atoms with van der Waals surface area (Å²) in [4.78, 5) is 28.0. The Morgan fingerprint density at radius 3 is 2.40 bits per heavy atom. The van der Waals surface area contributed by atoms with Crippen molar-refractivity contribution in [3.63, 3.8) is 0 Å². The Morgan fingerprint density at radius 1 is 1.18 bits per heavy atom. The molecule has 1 fully saturated rings. The van der Waals surface area contributed by atoms with Crippen molar-refractivity contribution < 1.29 is 19.0 Å². The van der Waals surface area contributed by atoms with Gasteiger partial charge in [0.25, 0.3) is 5.91 Å². The van der Waals surface area contributed by atoms with E-state index in [1.807, 2.05) is 36.4 Å². The van der Waals surface area contributed by atoms with Gasteiger partial charge in [0.2, 0.25) is 5.43 Å². The van der Waals surface area contributed by atoms with Gasteiger partial charge in [-0.15, -0.1) is 0 Å². The third kappa shape index (κ3) is 5.52. The first-order valence-electron chi connectivity index (χ1n) is 13.7. The van der Waals surface area contributed by atoms with Crippen LogP contribution in [-0.4, -0.2) is 60.3 Å². The number of pyridine rings is 1. The summed E-state index contributed by atoms with van der Waals surface area (Å²) in [6, 6.07) is 13.6. The first-order chi connectivity index (χ1) is 19.2. The summed E-state index contributed by atoms with van der Waals surface area (Å²) in [5.74, 6) is -0.396. The van der Waals surface area contributed by atoms with Crippen molar-refractivity contribution in [2.45, 2.75) is 39.7 Å². The molecular formula is C31H37FN4O4. The molecule has 40 heavy (non-hydrogen) atoms. The maximum atomic E-state index is 14.8. The van der Waals surface area contributed by atoms with Crippen molar-refractivity contribution >= 4 is 33.3 Å². The van der Waals surface area contributed by atoms with Crippen LogP contribution in [0.2, 0.25) is 0 Å². The first kappa shape index (κ1) is 29.0. The van der Waals surface area contributed by atoms with Crippen LogP contribution >= 0.6 is 0 Å². The fourth-order valence-electron chi connectivity index (χ4n) is 5.03. The number of carbonyl (C=O) groups is 1. The Labute approximate surface area is 233 Å². The number of anilines is 1. The number of halogens is 1. The maximum Gasteiger partial charge on any atom is 0.256 e. The van der Waals surface area contributed by atoms with Crippen LogP contribution in [0.1, 0.15) is 44.0 Å². The quantitative estimate of drug-likeness (QED) is 0.284. The number of carbonyl (C=O) groups excluding carboxylic acids is 1. The van der Waals surface area contributed by atoms with Crippen LogP contribution in [0.25, 0.3) is 27.4 Å². The van der Waals surface area contributed by atoms with Crippen LogP contribution in [0.3, 0.4) is 0 Å². The number of aliphatic hydroxyl groups excluding tert-OH is 1. The van der Waals surface area contributed by atoms with Crippen molar-refractivity contribution in [2.24, 2.45) is 0 Å². The van der Waals surface area contributed by atoms with Crippen LogP contribution in [0, 0.1) is 5.82 Å². The number of benzene rings is 3. The highest BCUT2D eigenvalue weighted by Crippen LogP contribution is 2.46. The predicted molar refractivity (Wildman–Crippen MR) is 159 cm³/mol. The first-order valence-corrected chi connectivity index (χ1v) is 13.7. The number of aromatic nitrogens is 1. The average Bonchev–Trinajstić information content (AvgIpc) is 3.31. The molecule has 1 aromatic heterocycles. The van der Waals surface area contributed by atoms with Gasteiger partial charge in [-0.1, -0.05) is 24.3 Å². The van der Waals surface area contributed by atoms with Gasteiger partial charge >= 0.3 is 0 Å². The number of likely N-dealkylation sites (tertiary alicyclic amines) is 1. The van der Waals surface area contributed by atoms with E-state index in [0.717, 1.165) is 22.9 Å². The molecule has 2 aliphatic rings. The molecular weight excluding hydrogens is 511 g/mol. The van der Waals surface area contributed by atoms with Crippen LogP contribution in [0.5, 0.6) is 11.5 Å². The molecule has 1 amide bonds. The van der Waals surface area contributed by atoms with Gasteiger partial charge in [0.05, 0.1) is 11.1 Å². The van der Waals surface area contributed by atoms with Gasteiger partial charge in [0.1, 0.15) is 16.8 Å². The largest absolute Gasteiger partial charge is 0.451 e. The lowest BCUT2D eigenvalue weighted by Crippen LogP contribution is -2.30. The molecule has 0 saturated carbocycles. The Kier molecular flexibility index (Phi) is 9.07. The number of ether oxygens (including phenoxy) is 1. The fraction of sp³-hybridized carbons (Fsp3) is 0.355. The minimum absolute atomic E-state index is 0.0482. The van der Waals surface area contributed by atoms with Crippen molar-refractivity contribution in [1.29, 1.82) is 0 Å². The SMILES string of the molecule is CC1CCCN1C.CCNC(=O)c1cn2c3c(c(NC)c(F)cc3c1=O)Oc1cc3ccccc3cc1-2.CCO. The summed E-state index contributed by atoms with van der Waals surface area (Å²) >= 11 is 0. The van der Waals surface area contributed by atoms with E-state index in [2.05, 4.69) is 29.5 Å². The summed E-state index contributed by atoms with van der Waals surface area (Å²) in [6.45, 7) is 7.67. The lowest BCUT2D eigenvalue weighted by molar-refractivity contribution is 0.0954. The topological polar surface area (TPSA) is 95.8 Å². The zero-order chi connectivity index (χ0) is 29.0. The van der Waals surface area contributed by atoms with Crippen LogP contribution in [0.15, 0.2) is 53.5 Å². The molecule has 1 unspecified atom stereocenters. The number of fused-ring (bicyclic) bond motifs is 3. The van der Waals surface area contributed by atoms with Gasteiger partial charge in [-0.2, -0.15) is 0 Å². The van der Waals surface area contributed by atoms with Gasteiger partial charge in [0, 0.05) is 32.4 Å². The summed E-state index contributed by atoms with van der Waals surface area (Å²) in [7, 11) is 3.78. The fourth-order valence-corrected chi connectivity index (χ4v) is 5.03. The molecule has 8 nitrogen and oxygen atoms in total. The molecule has 0 aliphatic carbocycles. The highest BCUT2D eigenvalue weighted by atomic mass is 19.1. The standard InChI is InChI=1S/C23H18FN3O3.C6H13N.C2H6O/c1-3-26-23(29)15-11-27-17-8-12-6-4-5-7-13(12)9-18(17)30-22-19(25-2)16(24)10-14(20(22)27)21(15)28;1-6-4-3-5-7(6)2;1-2-3/h4-11,25H,3H2,1-2H3,(H,26,29);6H,3-5H2,1-2H3;3H,2H2,1H3. The molecule has 4 aromatic rings. The summed E-state index contributed by atoms with van der Waals surface area (Å²) in [5, 5.41) is 15.1. The minimum atomic E-state index is -0.624. The molecule has 6 rings (SSSR count). The molecule has 0 radical (unpaired) electrons. The molecule has 212 valence electrons. The smallest absolute Gasteiger partial charge is 0.256 e. The van der Waals surface area contributed by atoms with Crippen molar-refractivity contribution in [2.75, 3.05) is 39.1 Å². The number of nitrogens with one attached hydrogen (secondary N) is 2. The Morgan fingerprint density at radius 2 is 1.85 bits per heavy atom. The second kappa shape index (κ2) is 12.5. The van der Waals surface area contributed by atoms with Crippen LogP contribution in [0.4, 0.5) is 10.1 Å². The van der Waals surface area contributed by atoms with Crippen molar-refractivity contribution in [1.82, 2.24) is 14.8 Å². The van der Waals surface area contributed by atoms with E-state index in [1.165, 1.54) is 25.6 Å². The van der Waals surface area contributed by atoms with E-state index in [-0.39, 0.29) is 29.0 Å². The number of amides is 1. The van der Waals surface area contributed by atoms with Crippen LogP contribution < -0.4 is 20.8 Å². The molecule has 3 N–H and O–H groups in total. The third-order valence-corrected chi connectivity index (χ3v) is 7.21. The summed E-state index contributed by atoms with van der Waals surface area (Å²) in [6.07, 6.45) is 4.31. The second-order valence-corrected chi connectivity index (χ2v) is 9.87. The zero-order valence-corrected chi connectivity index (χ0v) is 23.7. The Bertz CT molecular complexity index is 1590. The lowest BCUT2D eigenvalue weighted by Gasteiger charge is -2.26. The molecule has 0 spiro atoms. The van der Waals surface area contributed by atoms with E-state index in [0.29, 0.717) is 23.5 Å². The monoisotopic (exact) mass is 548 g/mol. The number of aliphatic hydroxyl groups is 1. The number of nitrogens with zero attached hydrogens (tertiary/aromatic N) is 2. The highest BCUT2D eigenvalue weighted by Gasteiger charge is 2.28. The van der Waals surface area contributed by atoms with E-state index < -0.39 is 17.2 Å². The Hall–Kier alpha value is -3.95. The molecule has 3 heterocycles. The third-order valence-electron chi connectivity index (χ3n) is 7.21. The number of rotatable bonds is 3. The number of hydrogen-bond acceptors (Lipinski definition) is 6. The average molecular weight is 549 g/mol. The van der Waals surface area contributed by atoms with Gasteiger partial charge in [-0.3, -0.25) is 9.59 Å². The van der Waals surface area contributed by atoms with E-state index in [4.69, 9.17) is 9.84 Å². The maximum absolute atomic E-state index is 14.8. The number of hydrogen-bond donors (Lipinski definition) is 3. The molecule has 3 aromatic carbocycles. The second-order valence-electron chi connectivity index (χ2n) is 9.87. The van der Waals surface area contributed by atoms with Gasteiger partial charge in [0.15, 0.2) is 17.3 Å². The van der Waals surface area contributed by atoms with E-state index >= 15 is 0 Å². The van der Waals surface area contributed by atoms with Crippen molar-refractivity contribution in [3.8, 4) is 17.2 Å². The van der Waals surface area contributed by atoms with Crippen LogP contribution in [-0.2, 0) is 0 Å². The minimum Gasteiger partial charge on any atom is -0.451 e. The summed E-state index contributed by atoms with van der Waals surface area (Å²) in [5.41, 5.74) is 0.656. The molecule has 1 saturated heterocycles. The Balaban J connectivity index is 0.000000315. The lowest BCUT2D eigenvalue weighted by atomic mass is 10.0. The summed E-state index contributed by atoms with van der Waals surface area (Å²) < 4.78 is 22.7. The normalized spacial score (nSPS) is 15.3. The molecule has 0 bridgehead atoms. The van der Waals surface area contributed by atoms with Gasteiger partial charge in [-0.05, 0) is 76.2 Å². The predicted octanol–water partition coefficient (Wildman–Crippen LogP) is 5.28. The van der Waals surface area contributed by atoms with Crippen molar-refractivity contribution in [3.05, 3.63) is 70.3 Å². The van der Waals surface area contributed by atoms with E-state index in [9.17, 15) is 14.0 Å². The van der Waals surface area contributed by atoms with E-state index in [1.54, 1.807) is 25.5 Å². The zero-order valence-electron chi connectivity index (χ0n) is 23.7.